The van der Waals surface area contributed by atoms with Crippen molar-refractivity contribution in [3.05, 3.63) is 34.1 Å². The number of hydrogen-bond donors (Lipinski definition) is 2. The Morgan fingerprint density at radius 3 is 2.67 bits per heavy atom. The standard InChI is InChI=1S/C12H14BrFN2O2/c1-2-5-15-11(17)7-16-12(18)9-4-3-8(13)6-10(9)14/h3-4,6H,2,5,7H2,1H3,(H,15,17)(H,16,18). The van der Waals surface area contributed by atoms with E-state index < -0.39 is 11.7 Å². The van der Waals surface area contributed by atoms with Crippen LogP contribution in [0.5, 0.6) is 0 Å². The van der Waals surface area contributed by atoms with Gasteiger partial charge in [-0.25, -0.2) is 4.39 Å². The second kappa shape index (κ2) is 7.10. The van der Waals surface area contributed by atoms with Crippen molar-refractivity contribution >= 4 is 27.7 Å². The second-order valence-corrected chi connectivity index (χ2v) is 4.57. The van der Waals surface area contributed by atoms with Gasteiger partial charge in [-0.2, -0.15) is 0 Å². The molecule has 0 bridgehead atoms. The third-order valence-electron chi connectivity index (χ3n) is 2.16. The Kier molecular flexibility index (Phi) is 5.77. The average Bonchev–Trinajstić information content (AvgIpc) is 2.33. The van der Waals surface area contributed by atoms with Gasteiger partial charge in [0.1, 0.15) is 5.82 Å². The highest BCUT2D eigenvalue weighted by atomic mass is 79.9. The quantitative estimate of drug-likeness (QED) is 0.871. The van der Waals surface area contributed by atoms with Crippen LogP contribution in [0.1, 0.15) is 23.7 Å². The van der Waals surface area contributed by atoms with Crippen molar-refractivity contribution in [2.75, 3.05) is 13.1 Å². The maximum atomic E-state index is 13.4. The summed E-state index contributed by atoms with van der Waals surface area (Å²) < 4.78 is 14.0. The molecular weight excluding hydrogens is 303 g/mol. The van der Waals surface area contributed by atoms with Crippen molar-refractivity contribution in [1.82, 2.24) is 10.6 Å². The molecule has 18 heavy (non-hydrogen) atoms. The molecule has 0 unspecified atom stereocenters. The van der Waals surface area contributed by atoms with Gasteiger partial charge in [0.25, 0.3) is 5.91 Å². The van der Waals surface area contributed by atoms with Gasteiger partial charge in [0.15, 0.2) is 0 Å². The lowest BCUT2D eigenvalue weighted by atomic mass is 10.2. The highest BCUT2D eigenvalue weighted by Gasteiger charge is 2.12. The minimum Gasteiger partial charge on any atom is -0.355 e. The Bertz CT molecular complexity index is 452. The number of halogens is 2. The van der Waals surface area contributed by atoms with Crippen molar-refractivity contribution in [2.45, 2.75) is 13.3 Å². The maximum absolute atomic E-state index is 13.4. The van der Waals surface area contributed by atoms with Crippen LogP contribution in [-0.2, 0) is 4.79 Å². The van der Waals surface area contributed by atoms with Gasteiger partial charge in [0.05, 0.1) is 12.1 Å². The normalized spacial score (nSPS) is 9.94. The van der Waals surface area contributed by atoms with Gasteiger partial charge < -0.3 is 10.6 Å². The monoisotopic (exact) mass is 316 g/mol. The third-order valence-corrected chi connectivity index (χ3v) is 2.65. The molecule has 0 fully saturated rings. The second-order valence-electron chi connectivity index (χ2n) is 3.66. The number of rotatable bonds is 5. The summed E-state index contributed by atoms with van der Waals surface area (Å²) in [6, 6.07) is 4.12. The molecular formula is C12H14BrFN2O2. The fraction of sp³-hybridized carbons (Fsp3) is 0.333. The topological polar surface area (TPSA) is 58.2 Å². The summed E-state index contributed by atoms with van der Waals surface area (Å²) in [4.78, 5) is 22.9. The minimum absolute atomic E-state index is 0.0820. The molecule has 0 spiro atoms. The zero-order valence-corrected chi connectivity index (χ0v) is 11.5. The smallest absolute Gasteiger partial charge is 0.254 e. The molecule has 0 saturated carbocycles. The lowest BCUT2D eigenvalue weighted by Gasteiger charge is -2.06. The van der Waals surface area contributed by atoms with Crippen LogP contribution in [0.25, 0.3) is 0 Å². The maximum Gasteiger partial charge on any atom is 0.254 e. The van der Waals surface area contributed by atoms with Gasteiger partial charge in [0, 0.05) is 11.0 Å². The Labute approximate surface area is 113 Å². The van der Waals surface area contributed by atoms with E-state index in [-0.39, 0.29) is 18.0 Å². The van der Waals surface area contributed by atoms with E-state index in [1.807, 2.05) is 6.92 Å². The third kappa shape index (κ3) is 4.44. The SMILES string of the molecule is CCCNC(=O)CNC(=O)c1ccc(Br)cc1F. The minimum atomic E-state index is -0.629. The first kappa shape index (κ1) is 14.6. The summed E-state index contributed by atoms with van der Waals surface area (Å²) in [5.74, 6) is -1.52. The molecule has 0 atom stereocenters. The van der Waals surface area contributed by atoms with E-state index in [4.69, 9.17) is 0 Å². The number of hydrogen-bond acceptors (Lipinski definition) is 2. The number of nitrogens with one attached hydrogen (secondary N) is 2. The van der Waals surface area contributed by atoms with E-state index in [1.165, 1.54) is 12.1 Å². The van der Waals surface area contributed by atoms with Crippen molar-refractivity contribution < 1.29 is 14.0 Å². The number of carbonyl (C=O) groups excluding carboxylic acids is 2. The summed E-state index contributed by atoms with van der Waals surface area (Å²) in [5, 5.41) is 4.97. The van der Waals surface area contributed by atoms with Crippen LogP contribution >= 0.6 is 15.9 Å². The fourth-order valence-electron chi connectivity index (χ4n) is 1.26. The lowest BCUT2D eigenvalue weighted by molar-refractivity contribution is -0.120. The Hall–Kier alpha value is -1.43. The average molecular weight is 317 g/mol. The number of benzene rings is 1. The Morgan fingerprint density at radius 1 is 1.33 bits per heavy atom. The molecule has 2 N–H and O–H groups in total. The molecule has 1 aromatic carbocycles. The fourth-order valence-corrected chi connectivity index (χ4v) is 1.59. The lowest BCUT2D eigenvalue weighted by Crippen LogP contribution is -2.37. The van der Waals surface area contributed by atoms with Crippen molar-refractivity contribution in [1.29, 1.82) is 0 Å². The number of amides is 2. The molecule has 1 rings (SSSR count). The van der Waals surface area contributed by atoms with Crippen molar-refractivity contribution in [3.63, 3.8) is 0 Å². The Balaban J connectivity index is 2.53. The van der Waals surface area contributed by atoms with Crippen LogP contribution in [0, 0.1) is 5.82 Å². The molecule has 0 heterocycles. The van der Waals surface area contributed by atoms with Gasteiger partial charge in [-0.3, -0.25) is 9.59 Å². The van der Waals surface area contributed by atoms with E-state index >= 15 is 0 Å². The molecule has 0 radical (unpaired) electrons. The van der Waals surface area contributed by atoms with Crippen molar-refractivity contribution in [3.8, 4) is 0 Å². The van der Waals surface area contributed by atoms with E-state index in [0.29, 0.717) is 11.0 Å². The van der Waals surface area contributed by atoms with Gasteiger partial charge in [-0.1, -0.05) is 22.9 Å². The van der Waals surface area contributed by atoms with Crippen LogP contribution in [0.2, 0.25) is 0 Å². The predicted octanol–water partition coefficient (Wildman–Crippen LogP) is 1.84. The van der Waals surface area contributed by atoms with Gasteiger partial charge in [-0.15, -0.1) is 0 Å². The summed E-state index contributed by atoms with van der Waals surface area (Å²) in [5.41, 5.74) is -0.0820. The van der Waals surface area contributed by atoms with E-state index in [0.717, 1.165) is 6.42 Å². The first-order chi connectivity index (χ1) is 8.54. The first-order valence-electron chi connectivity index (χ1n) is 5.54. The largest absolute Gasteiger partial charge is 0.355 e. The summed E-state index contributed by atoms with van der Waals surface area (Å²) in [6.45, 7) is 2.33. The van der Waals surface area contributed by atoms with E-state index in [1.54, 1.807) is 6.07 Å². The van der Waals surface area contributed by atoms with Crippen LogP contribution in [0.15, 0.2) is 22.7 Å². The van der Waals surface area contributed by atoms with E-state index in [9.17, 15) is 14.0 Å². The zero-order chi connectivity index (χ0) is 13.5. The van der Waals surface area contributed by atoms with Crippen molar-refractivity contribution in [2.24, 2.45) is 0 Å². The van der Waals surface area contributed by atoms with Crippen LogP contribution in [-0.4, -0.2) is 24.9 Å². The van der Waals surface area contributed by atoms with Gasteiger partial charge >= 0.3 is 0 Å². The van der Waals surface area contributed by atoms with Gasteiger partial charge in [0.2, 0.25) is 5.91 Å². The molecule has 0 aliphatic heterocycles. The van der Waals surface area contributed by atoms with Gasteiger partial charge in [-0.05, 0) is 24.6 Å². The van der Waals surface area contributed by atoms with E-state index in [2.05, 4.69) is 26.6 Å². The molecule has 0 aliphatic rings. The molecule has 98 valence electrons. The van der Waals surface area contributed by atoms with Crippen LogP contribution < -0.4 is 10.6 Å². The number of carbonyl (C=O) groups is 2. The molecule has 1 aromatic rings. The summed E-state index contributed by atoms with van der Waals surface area (Å²) >= 11 is 3.10. The molecule has 4 nitrogen and oxygen atoms in total. The molecule has 0 aromatic heterocycles. The predicted molar refractivity (Wildman–Crippen MR) is 69.7 cm³/mol. The molecule has 2 amide bonds. The highest BCUT2D eigenvalue weighted by Crippen LogP contribution is 2.14. The first-order valence-corrected chi connectivity index (χ1v) is 6.34. The molecule has 6 heteroatoms. The van der Waals surface area contributed by atoms with Crippen LogP contribution in [0.4, 0.5) is 4.39 Å². The Morgan fingerprint density at radius 2 is 2.06 bits per heavy atom. The molecule has 0 saturated heterocycles. The highest BCUT2D eigenvalue weighted by molar-refractivity contribution is 9.10. The zero-order valence-electron chi connectivity index (χ0n) is 9.93. The van der Waals surface area contributed by atoms with Crippen LogP contribution in [0.3, 0.4) is 0 Å². The summed E-state index contributed by atoms with van der Waals surface area (Å²) in [6.07, 6.45) is 0.820. The summed E-state index contributed by atoms with van der Waals surface area (Å²) in [7, 11) is 0. The molecule has 0 aliphatic carbocycles.